The molecule has 1 aromatic heterocycles. The summed E-state index contributed by atoms with van der Waals surface area (Å²) in [5.41, 5.74) is 1.52. The number of nitrogens with one attached hydrogen (secondary N) is 2. The summed E-state index contributed by atoms with van der Waals surface area (Å²) < 4.78 is 45.4. The number of rotatable bonds is 6. The summed E-state index contributed by atoms with van der Waals surface area (Å²) in [5.74, 6) is 1.23. The molecular weight excluding hydrogens is 522 g/mol. The molecule has 0 bridgehead atoms. The molecule has 0 aliphatic heterocycles. The first kappa shape index (κ1) is 24.5. The monoisotopic (exact) mass is 545 g/mol. The van der Waals surface area contributed by atoms with Crippen LogP contribution in [-0.2, 0) is 19.3 Å². The molecule has 0 fully saturated rings. The van der Waals surface area contributed by atoms with Gasteiger partial charge in [0.15, 0.2) is 5.96 Å². The Labute approximate surface area is 195 Å². The number of hydrogen-bond donors (Lipinski definition) is 2. The predicted molar refractivity (Wildman–Crippen MR) is 124 cm³/mol. The molecule has 0 aliphatic rings. The van der Waals surface area contributed by atoms with Gasteiger partial charge in [-0.15, -0.1) is 24.0 Å². The third kappa shape index (κ3) is 6.88. The maximum Gasteiger partial charge on any atom is 0.416 e. The quantitative estimate of drug-likeness (QED) is 0.274. The van der Waals surface area contributed by atoms with Gasteiger partial charge in [-0.05, 0) is 48.0 Å². The molecule has 0 saturated heterocycles. The van der Waals surface area contributed by atoms with Crippen LogP contribution in [-0.4, -0.2) is 29.9 Å². The highest BCUT2D eigenvalue weighted by atomic mass is 127. The van der Waals surface area contributed by atoms with E-state index in [1.807, 2.05) is 36.5 Å². The van der Waals surface area contributed by atoms with Crippen LogP contribution in [0.5, 0.6) is 5.75 Å². The lowest BCUT2D eigenvalue weighted by Crippen LogP contribution is -2.36. The molecule has 3 rings (SSSR count). The molecule has 166 valence electrons. The minimum atomic E-state index is -4.36. The molecule has 0 amide bonds. The number of aliphatic imine (C=N–C) groups is 1. The highest BCUT2D eigenvalue weighted by Gasteiger charge is 2.30. The normalized spacial score (nSPS) is 11.6. The minimum Gasteiger partial charge on any atom is -0.497 e. The third-order valence-electron chi connectivity index (χ3n) is 4.36. The Morgan fingerprint density at radius 1 is 1.06 bits per heavy atom. The van der Waals surface area contributed by atoms with E-state index in [9.17, 15) is 13.2 Å². The van der Waals surface area contributed by atoms with Crippen LogP contribution in [0.2, 0.25) is 0 Å². The molecule has 0 aliphatic carbocycles. The van der Waals surface area contributed by atoms with Gasteiger partial charge in [0.25, 0.3) is 0 Å². The third-order valence-corrected chi connectivity index (χ3v) is 4.36. The average Bonchev–Trinajstić information content (AvgIpc) is 3.22. The van der Waals surface area contributed by atoms with Gasteiger partial charge < -0.3 is 15.4 Å². The highest BCUT2D eigenvalue weighted by molar-refractivity contribution is 14.0. The van der Waals surface area contributed by atoms with Crippen molar-refractivity contribution in [1.29, 1.82) is 0 Å². The lowest BCUT2D eigenvalue weighted by atomic mass is 10.1. The summed E-state index contributed by atoms with van der Waals surface area (Å²) >= 11 is 0. The van der Waals surface area contributed by atoms with Crippen molar-refractivity contribution in [3.63, 3.8) is 0 Å². The molecule has 6 nitrogen and oxygen atoms in total. The number of methoxy groups -OCH3 is 1. The van der Waals surface area contributed by atoms with Crippen LogP contribution in [0.25, 0.3) is 5.69 Å². The largest absolute Gasteiger partial charge is 0.497 e. The van der Waals surface area contributed by atoms with E-state index in [-0.39, 0.29) is 30.5 Å². The van der Waals surface area contributed by atoms with E-state index in [1.165, 1.54) is 6.07 Å². The van der Waals surface area contributed by atoms with E-state index < -0.39 is 11.7 Å². The van der Waals surface area contributed by atoms with Gasteiger partial charge in [-0.2, -0.15) is 18.3 Å². The number of nitrogens with zero attached hydrogens (tertiary/aromatic N) is 3. The fourth-order valence-electron chi connectivity index (χ4n) is 2.77. The van der Waals surface area contributed by atoms with Crippen molar-refractivity contribution >= 4 is 29.9 Å². The van der Waals surface area contributed by atoms with Crippen LogP contribution in [0.1, 0.15) is 16.8 Å². The number of guanidine groups is 1. The zero-order valence-corrected chi connectivity index (χ0v) is 19.3. The summed E-state index contributed by atoms with van der Waals surface area (Å²) in [6.45, 7) is 0.620. The zero-order valence-electron chi connectivity index (χ0n) is 17.0. The van der Waals surface area contributed by atoms with Gasteiger partial charge in [0.05, 0.1) is 30.6 Å². The van der Waals surface area contributed by atoms with Crippen LogP contribution in [0.3, 0.4) is 0 Å². The molecule has 2 aromatic carbocycles. The Kier molecular flexibility index (Phi) is 8.72. The van der Waals surface area contributed by atoms with Gasteiger partial charge in [0, 0.05) is 19.8 Å². The molecule has 2 N–H and O–H groups in total. The molecule has 10 heteroatoms. The molecule has 0 atom stereocenters. The second-order valence-electron chi connectivity index (χ2n) is 6.43. The second-order valence-corrected chi connectivity index (χ2v) is 6.43. The van der Waals surface area contributed by atoms with Crippen molar-refractivity contribution in [2.24, 2.45) is 4.99 Å². The fraction of sp³-hybridized carbons (Fsp3) is 0.238. The molecule has 0 radical (unpaired) electrons. The van der Waals surface area contributed by atoms with E-state index >= 15 is 0 Å². The van der Waals surface area contributed by atoms with Crippen molar-refractivity contribution in [2.45, 2.75) is 19.3 Å². The van der Waals surface area contributed by atoms with Gasteiger partial charge in [-0.3, -0.25) is 4.99 Å². The summed E-state index contributed by atoms with van der Waals surface area (Å²) in [4.78, 5) is 4.10. The SMILES string of the molecule is CN=C(NCc1cccc(C(F)(F)F)c1)NCc1ccn(-c2ccc(OC)cc2)n1.I. The summed E-state index contributed by atoms with van der Waals surface area (Å²) in [6.07, 6.45) is -2.52. The Morgan fingerprint density at radius 3 is 2.42 bits per heavy atom. The van der Waals surface area contributed by atoms with Crippen LogP contribution in [0.4, 0.5) is 13.2 Å². The van der Waals surface area contributed by atoms with Crippen LogP contribution in [0.15, 0.2) is 65.8 Å². The highest BCUT2D eigenvalue weighted by Crippen LogP contribution is 2.29. The van der Waals surface area contributed by atoms with E-state index in [0.717, 1.165) is 29.3 Å². The van der Waals surface area contributed by atoms with Crippen molar-refractivity contribution in [1.82, 2.24) is 20.4 Å². The van der Waals surface area contributed by atoms with E-state index in [2.05, 4.69) is 20.7 Å². The van der Waals surface area contributed by atoms with Crippen molar-refractivity contribution in [3.05, 3.63) is 77.6 Å². The number of hydrogen-bond acceptors (Lipinski definition) is 3. The molecule has 0 spiro atoms. The van der Waals surface area contributed by atoms with Crippen LogP contribution in [0, 0.1) is 0 Å². The topological polar surface area (TPSA) is 63.5 Å². The first-order chi connectivity index (χ1) is 14.4. The Bertz CT molecular complexity index is 1000. The summed E-state index contributed by atoms with van der Waals surface area (Å²) in [6, 6.07) is 14.6. The number of aromatic nitrogens is 2. The standard InChI is InChI=1S/C21H22F3N5O.HI/c1-25-20(26-13-15-4-3-5-16(12-15)21(22,23)24)27-14-17-10-11-29(28-17)18-6-8-19(30-2)9-7-18;/h3-12H,13-14H2,1-2H3,(H2,25,26,27);1H. The maximum atomic E-state index is 12.8. The first-order valence-corrected chi connectivity index (χ1v) is 9.18. The fourth-order valence-corrected chi connectivity index (χ4v) is 2.77. The van der Waals surface area contributed by atoms with E-state index in [4.69, 9.17) is 4.74 Å². The Hall–Kier alpha value is -2.76. The Morgan fingerprint density at radius 2 is 1.77 bits per heavy atom. The van der Waals surface area contributed by atoms with Crippen molar-refractivity contribution in [2.75, 3.05) is 14.2 Å². The molecule has 1 heterocycles. The summed E-state index contributed by atoms with van der Waals surface area (Å²) in [5, 5.41) is 10.6. The first-order valence-electron chi connectivity index (χ1n) is 9.18. The average molecular weight is 545 g/mol. The number of ether oxygens (including phenoxy) is 1. The van der Waals surface area contributed by atoms with Crippen molar-refractivity contribution in [3.8, 4) is 11.4 Å². The molecular formula is C21H23F3IN5O. The zero-order chi connectivity index (χ0) is 21.6. The van der Waals surface area contributed by atoms with E-state index in [0.29, 0.717) is 18.1 Å². The molecule has 3 aromatic rings. The number of benzene rings is 2. The lowest BCUT2D eigenvalue weighted by molar-refractivity contribution is -0.137. The molecule has 0 unspecified atom stereocenters. The van der Waals surface area contributed by atoms with Gasteiger partial charge in [0.1, 0.15) is 5.75 Å². The smallest absolute Gasteiger partial charge is 0.416 e. The second kappa shape index (κ2) is 11.0. The molecule has 31 heavy (non-hydrogen) atoms. The van der Waals surface area contributed by atoms with Gasteiger partial charge in [-0.25, -0.2) is 4.68 Å². The van der Waals surface area contributed by atoms with Gasteiger partial charge >= 0.3 is 6.18 Å². The maximum absolute atomic E-state index is 12.8. The van der Waals surface area contributed by atoms with E-state index in [1.54, 1.807) is 24.9 Å². The lowest BCUT2D eigenvalue weighted by Gasteiger charge is -2.12. The van der Waals surface area contributed by atoms with Crippen LogP contribution >= 0.6 is 24.0 Å². The van der Waals surface area contributed by atoms with Gasteiger partial charge in [-0.1, -0.05) is 12.1 Å². The van der Waals surface area contributed by atoms with Crippen molar-refractivity contribution < 1.29 is 17.9 Å². The summed E-state index contributed by atoms with van der Waals surface area (Å²) in [7, 11) is 3.21. The Balaban J connectivity index is 0.00000341. The minimum absolute atomic E-state index is 0. The number of alkyl halides is 3. The predicted octanol–water partition coefficient (Wildman–Crippen LogP) is 4.38. The van der Waals surface area contributed by atoms with Gasteiger partial charge in [0.2, 0.25) is 0 Å². The number of halogens is 4. The van der Waals surface area contributed by atoms with Crippen LogP contribution < -0.4 is 15.4 Å². The molecule has 0 saturated carbocycles.